The van der Waals surface area contributed by atoms with Gasteiger partial charge in [-0.25, -0.2) is 4.68 Å². The Balaban J connectivity index is 1.69. The second kappa shape index (κ2) is 8.63. The van der Waals surface area contributed by atoms with Crippen molar-refractivity contribution in [1.29, 1.82) is 0 Å². The van der Waals surface area contributed by atoms with Gasteiger partial charge in [0.1, 0.15) is 12.3 Å². The third kappa shape index (κ3) is 5.03. The van der Waals surface area contributed by atoms with Crippen LogP contribution in [0.25, 0.3) is 0 Å². The highest BCUT2D eigenvalue weighted by Crippen LogP contribution is 2.28. The fourth-order valence-corrected chi connectivity index (χ4v) is 3.10. The predicted molar refractivity (Wildman–Crippen MR) is 107 cm³/mol. The second-order valence-electron chi connectivity index (χ2n) is 5.33. The smallest absolute Gasteiger partial charge is 0.287 e. The number of Topliss-reactive ketones (excluding diaryl/α,β-unsaturated/α-hetero) is 1. The lowest BCUT2D eigenvalue weighted by atomic mass is 10.1. The summed E-state index contributed by atoms with van der Waals surface area (Å²) in [6, 6.07) is 9.45. The lowest BCUT2D eigenvalue weighted by Gasteiger charge is -2.05. The molecule has 0 aliphatic carbocycles. The highest BCUT2D eigenvalue weighted by molar-refractivity contribution is 7.71. The van der Waals surface area contributed by atoms with Crippen LogP contribution in [-0.2, 0) is 13.2 Å². The summed E-state index contributed by atoms with van der Waals surface area (Å²) >= 11 is 28.8. The number of carbonyl (C=O) groups is 1. The monoisotopic (exact) mass is 462 g/mol. The van der Waals surface area contributed by atoms with E-state index in [0.29, 0.717) is 31.4 Å². The van der Waals surface area contributed by atoms with Gasteiger partial charge in [-0.1, -0.05) is 46.4 Å². The second-order valence-corrected chi connectivity index (χ2v) is 7.34. The first-order valence-corrected chi connectivity index (χ1v) is 9.38. The Hall–Kier alpha value is -1.57. The summed E-state index contributed by atoms with van der Waals surface area (Å²) in [6.45, 7) is -0.124. The van der Waals surface area contributed by atoms with Crippen molar-refractivity contribution in [1.82, 2.24) is 9.78 Å². The molecule has 0 aliphatic heterocycles. The molecule has 140 valence electrons. The van der Waals surface area contributed by atoms with Gasteiger partial charge in [0.2, 0.25) is 0 Å². The first-order valence-electron chi connectivity index (χ1n) is 7.46. The van der Waals surface area contributed by atoms with Crippen LogP contribution in [0.2, 0.25) is 20.1 Å². The number of ether oxygens (including phenoxy) is 1. The average Bonchev–Trinajstić information content (AvgIpc) is 2.96. The van der Waals surface area contributed by atoms with Gasteiger partial charge in [0, 0.05) is 10.6 Å². The van der Waals surface area contributed by atoms with Crippen LogP contribution in [0, 0.1) is 4.84 Å². The molecular weight excluding hydrogens is 454 g/mol. The third-order valence-corrected chi connectivity index (χ3v) is 4.99. The molecule has 5 nitrogen and oxygen atoms in total. The summed E-state index contributed by atoms with van der Waals surface area (Å²) in [6.07, 6.45) is 0. The van der Waals surface area contributed by atoms with Crippen molar-refractivity contribution < 1.29 is 13.9 Å². The van der Waals surface area contributed by atoms with Crippen molar-refractivity contribution in [2.24, 2.45) is 0 Å². The summed E-state index contributed by atoms with van der Waals surface area (Å²) in [5, 5.41) is 5.66. The van der Waals surface area contributed by atoms with E-state index in [9.17, 15) is 4.79 Å². The molecular formula is C17H10Cl4N2O3S. The maximum Gasteiger partial charge on any atom is 0.287 e. The van der Waals surface area contributed by atoms with E-state index in [0.717, 1.165) is 0 Å². The van der Waals surface area contributed by atoms with Crippen LogP contribution < -0.4 is 4.74 Å². The molecule has 0 atom stereocenters. The van der Waals surface area contributed by atoms with Gasteiger partial charge in [0.25, 0.3) is 10.7 Å². The Morgan fingerprint density at radius 2 is 1.85 bits per heavy atom. The standard InChI is InChI=1S/C17H10Cl4N2O3S/c18-10-2-4-15(13(21)6-10)25-8-16-22-23(17(27)26-16)7-14(24)9-1-3-11(19)12(20)5-9/h1-6H,7-8H2. The van der Waals surface area contributed by atoms with Crippen LogP contribution in [0.4, 0.5) is 0 Å². The zero-order chi connectivity index (χ0) is 19.6. The number of halogens is 4. The summed E-state index contributed by atoms with van der Waals surface area (Å²) in [7, 11) is 0. The van der Waals surface area contributed by atoms with Gasteiger partial charge in [-0.15, -0.1) is 5.10 Å². The topological polar surface area (TPSA) is 57.3 Å². The molecule has 3 aromatic rings. The van der Waals surface area contributed by atoms with Crippen molar-refractivity contribution in [3.63, 3.8) is 0 Å². The Bertz CT molecular complexity index is 1060. The summed E-state index contributed by atoms with van der Waals surface area (Å²) in [4.78, 5) is 12.4. The number of carbonyl (C=O) groups excluding carboxylic acids is 1. The lowest BCUT2D eigenvalue weighted by molar-refractivity contribution is 0.0966. The normalized spacial score (nSPS) is 10.8. The van der Waals surface area contributed by atoms with Crippen LogP contribution in [0.5, 0.6) is 5.75 Å². The van der Waals surface area contributed by atoms with Gasteiger partial charge in [0.15, 0.2) is 12.4 Å². The maximum atomic E-state index is 12.4. The molecule has 1 heterocycles. The molecule has 0 N–H and O–H groups in total. The molecule has 27 heavy (non-hydrogen) atoms. The number of rotatable bonds is 6. The molecule has 0 radical (unpaired) electrons. The average molecular weight is 464 g/mol. The molecule has 0 saturated carbocycles. The minimum absolute atomic E-state index is 0.0149. The molecule has 3 rings (SSSR count). The van der Waals surface area contributed by atoms with E-state index < -0.39 is 0 Å². The molecule has 1 aromatic heterocycles. The van der Waals surface area contributed by atoms with Crippen molar-refractivity contribution in [2.75, 3.05) is 0 Å². The van der Waals surface area contributed by atoms with Crippen molar-refractivity contribution >= 4 is 64.4 Å². The largest absolute Gasteiger partial charge is 0.482 e. The van der Waals surface area contributed by atoms with Gasteiger partial charge in [0.05, 0.1) is 15.1 Å². The molecule has 0 saturated heterocycles. The predicted octanol–water partition coefficient (Wildman–Crippen LogP) is 6.28. The minimum Gasteiger partial charge on any atom is -0.482 e. The van der Waals surface area contributed by atoms with E-state index in [1.165, 1.54) is 10.7 Å². The van der Waals surface area contributed by atoms with E-state index in [1.807, 2.05) is 0 Å². The Morgan fingerprint density at radius 1 is 1.07 bits per heavy atom. The fourth-order valence-electron chi connectivity index (χ4n) is 2.14. The van der Waals surface area contributed by atoms with E-state index >= 15 is 0 Å². The number of ketones is 1. The van der Waals surface area contributed by atoms with Crippen molar-refractivity contribution in [3.05, 3.63) is 72.8 Å². The van der Waals surface area contributed by atoms with Crippen LogP contribution >= 0.6 is 58.6 Å². The maximum absolute atomic E-state index is 12.4. The molecule has 0 amide bonds. The summed E-state index contributed by atoms with van der Waals surface area (Å²) < 4.78 is 12.2. The van der Waals surface area contributed by atoms with Gasteiger partial charge >= 0.3 is 0 Å². The van der Waals surface area contributed by atoms with Gasteiger partial charge in [-0.2, -0.15) is 0 Å². The molecule has 0 aliphatic rings. The molecule has 0 bridgehead atoms. The quantitative estimate of drug-likeness (QED) is 0.318. The zero-order valence-corrected chi connectivity index (χ0v) is 17.3. The van der Waals surface area contributed by atoms with Crippen molar-refractivity contribution in [3.8, 4) is 5.75 Å². The van der Waals surface area contributed by atoms with E-state index in [-0.39, 0.29) is 29.7 Å². The van der Waals surface area contributed by atoms with Crippen LogP contribution in [0.15, 0.2) is 40.8 Å². The number of aromatic nitrogens is 2. The molecule has 2 aromatic carbocycles. The summed E-state index contributed by atoms with van der Waals surface area (Å²) in [5.74, 6) is 0.378. The minimum atomic E-state index is -0.244. The van der Waals surface area contributed by atoms with Gasteiger partial charge in [-0.05, 0) is 48.6 Å². The third-order valence-electron chi connectivity index (χ3n) is 3.43. The van der Waals surface area contributed by atoms with E-state index in [1.54, 1.807) is 30.3 Å². The molecule has 0 unspecified atom stereocenters. The Morgan fingerprint density at radius 3 is 2.56 bits per heavy atom. The SMILES string of the molecule is O=C(Cn1nc(COc2ccc(Cl)cc2Cl)oc1=S)c1ccc(Cl)c(Cl)c1. The van der Waals surface area contributed by atoms with Crippen LogP contribution in [0.1, 0.15) is 16.2 Å². The molecule has 0 fully saturated rings. The van der Waals surface area contributed by atoms with E-state index in [2.05, 4.69) is 5.10 Å². The first-order chi connectivity index (χ1) is 12.8. The van der Waals surface area contributed by atoms with Crippen LogP contribution in [-0.4, -0.2) is 15.6 Å². The lowest BCUT2D eigenvalue weighted by Crippen LogP contribution is -2.12. The Kier molecular flexibility index (Phi) is 6.44. The number of nitrogens with zero attached hydrogens (tertiary/aromatic N) is 2. The van der Waals surface area contributed by atoms with Crippen molar-refractivity contribution in [2.45, 2.75) is 13.2 Å². The number of hydrogen-bond donors (Lipinski definition) is 0. The van der Waals surface area contributed by atoms with Gasteiger partial charge in [-0.3, -0.25) is 4.79 Å². The van der Waals surface area contributed by atoms with Crippen LogP contribution in [0.3, 0.4) is 0 Å². The fraction of sp³-hybridized carbons (Fsp3) is 0.118. The van der Waals surface area contributed by atoms with E-state index in [4.69, 9.17) is 67.8 Å². The van der Waals surface area contributed by atoms with Gasteiger partial charge < -0.3 is 9.15 Å². The Labute approximate surface area is 179 Å². The highest BCUT2D eigenvalue weighted by atomic mass is 35.5. The first kappa shape index (κ1) is 20.2. The zero-order valence-electron chi connectivity index (χ0n) is 13.4. The molecule has 10 heteroatoms. The molecule has 0 spiro atoms. The number of benzene rings is 2. The summed E-state index contributed by atoms with van der Waals surface area (Å²) in [5.41, 5.74) is 0.389. The number of hydrogen-bond acceptors (Lipinski definition) is 5. The highest BCUT2D eigenvalue weighted by Gasteiger charge is 2.14.